The van der Waals surface area contributed by atoms with Crippen molar-refractivity contribution < 1.29 is 9.53 Å². The molecule has 94 valence electrons. The summed E-state index contributed by atoms with van der Waals surface area (Å²) in [5.41, 5.74) is -0.401. The maximum atomic E-state index is 11.8. The van der Waals surface area contributed by atoms with Crippen molar-refractivity contribution >= 4 is 6.09 Å². The molecule has 1 fully saturated rings. The first kappa shape index (κ1) is 13.3. The molecule has 0 bridgehead atoms. The lowest BCUT2D eigenvalue weighted by molar-refractivity contribution is 0.0192. The van der Waals surface area contributed by atoms with Crippen molar-refractivity contribution in [2.24, 2.45) is 0 Å². The smallest absolute Gasteiger partial charge is 0.410 e. The first-order valence-corrected chi connectivity index (χ1v) is 6.13. The summed E-state index contributed by atoms with van der Waals surface area (Å²) < 4.78 is 5.36. The molecule has 1 saturated heterocycles. The van der Waals surface area contributed by atoms with Crippen molar-refractivity contribution in [1.82, 2.24) is 10.2 Å². The second-order valence-electron chi connectivity index (χ2n) is 5.37. The lowest BCUT2D eigenvalue weighted by Crippen LogP contribution is -2.53. The van der Waals surface area contributed by atoms with Gasteiger partial charge in [0.25, 0.3) is 0 Å². The van der Waals surface area contributed by atoms with Crippen molar-refractivity contribution in [1.29, 1.82) is 0 Å². The number of nitrogens with one attached hydrogen (secondary N) is 1. The first-order chi connectivity index (χ1) is 7.42. The van der Waals surface area contributed by atoms with Crippen LogP contribution in [-0.2, 0) is 4.74 Å². The zero-order valence-electron chi connectivity index (χ0n) is 10.9. The molecule has 0 aromatic heterocycles. The maximum absolute atomic E-state index is 11.8. The largest absolute Gasteiger partial charge is 0.444 e. The molecule has 0 radical (unpaired) electrons. The second kappa shape index (κ2) is 5.53. The highest BCUT2D eigenvalue weighted by atomic mass is 16.6. The van der Waals surface area contributed by atoms with Gasteiger partial charge in [0.1, 0.15) is 5.60 Å². The Morgan fingerprint density at radius 1 is 1.50 bits per heavy atom. The van der Waals surface area contributed by atoms with Gasteiger partial charge in [0.15, 0.2) is 0 Å². The van der Waals surface area contributed by atoms with Gasteiger partial charge < -0.3 is 15.0 Å². The van der Waals surface area contributed by atoms with E-state index in [1.807, 2.05) is 25.7 Å². The maximum Gasteiger partial charge on any atom is 0.410 e. The highest BCUT2D eigenvalue weighted by Crippen LogP contribution is 2.12. The number of hydrogen-bond donors (Lipinski definition) is 1. The minimum absolute atomic E-state index is 0.185. The Morgan fingerprint density at radius 3 is 2.75 bits per heavy atom. The predicted molar refractivity (Wildman–Crippen MR) is 64.5 cm³/mol. The van der Waals surface area contributed by atoms with Gasteiger partial charge >= 0.3 is 6.09 Å². The van der Waals surface area contributed by atoms with E-state index in [9.17, 15) is 4.79 Å². The fourth-order valence-corrected chi connectivity index (χ4v) is 1.86. The second-order valence-corrected chi connectivity index (χ2v) is 5.37. The molecule has 4 heteroatoms. The van der Waals surface area contributed by atoms with Gasteiger partial charge in [-0.25, -0.2) is 4.79 Å². The Kier molecular flexibility index (Phi) is 4.59. The minimum Gasteiger partial charge on any atom is -0.444 e. The van der Waals surface area contributed by atoms with Crippen LogP contribution in [0.2, 0.25) is 0 Å². The Bertz CT molecular complexity index is 234. The number of nitrogens with zero attached hydrogens (tertiary/aromatic N) is 1. The SMILES string of the molecule is CCC[C@H]1CN(C(=O)OC(C)(C)C)CCN1. The van der Waals surface area contributed by atoms with Crippen molar-refractivity contribution in [2.75, 3.05) is 19.6 Å². The van der Waals surface area contributed by atoms with E-state index in [4.69, 9.17) is 4.74 Å². The molecule has 1 heterocycles. The van der Waals surface area contributed by atoms with Crippen molar-refractivity contribution in [2.45, 2.75) is 52.2 Å². The Balaban J connectivity index is 2.44. The van der Waals surface area contributed by atoms with E-state index >= 15 is 0 Å². The molecule has 1 N–H and O–H groups in total. The van der Waals surface area contributed by atoms with E-state index in [0.717, 1.165) is 32.5 Å². The molecule has 1 rings (SSSR count). The molecule has 0 aromatic rings. The summed E-state index contributed by atoms with van der Waals surface area (Å²) in [7, 11) is 0. The third-order valence-corrected chi connectivity index (χ3v) is 2.54. The van der Waals surface area contributed by atoms with Crippen molar-refractivity contribution in [3.63, 3.8) is 0 Å². The summed E-state index contributed by atoms with van der Waals surface area (Å²) in [6, 6.07) is 0.422. The number of hydrogen-bond acceptors (Lipinski definition) is 3. The van der Waals surface area contributed by atoms with E-state index in [1.54, 1.807) is 0 Å². The van der Waals surface area contributed by atoms with Gasteiger partial charge in [-0.2, -0.15) is 0 Å². The standard InChI is InChI=1S/C12H24N2O2/c1-5-6-10-9-14(8-7-13-10)11(15)16-12(2,3)4/h10,13H,5-9H2,1-4H3/t10-/m0/s1. The van der Waals surface area contributed by atoms with E-state index in [-0.39, 0.29) is 6.09 Å². The molecule has 16 heavy (non-hydrogen) atoms. The molecule has 4 nitrogen and oxygen atoms in total. The average Bonchev–Trinajstić information content (AvgIpc) is 2.16. The lowest BCUT2D eigenvalue weighted by atomic mass is 10.1. The van der Waals surface area contributed by atoms with E-state index in [2.05, 4.69) is 12.2 Å². The number of amides is 1. The van der Waals surface area contributed by atoms with Crippen LogP contribution >= 0.6 is 0 Å². The Morgan fingerprint density at radius 2 is 2.19 bits per heavy atom. The molecular formula is C12H24N2O2. The highest BCUT2D eigenvalue weighted by Gasteiger charge is 2.26. The summed E-state index contributed by atoms with van der Waals surface area (Å²) in [5, 5.41) is 3.42. The molecule has 0 aliphatic carbocycles. The summed E-state index contributed by atoms with van der Waals surface area (Å²) in [6.07, 6.45) is 2.06. The monoisotopic (exact) mass is 228 g/mol. The minimum atomic E-state index is -0.401. The molecule has 0 spiro atoms. The molecule has 1 atom stereocenters. The first-order valence-electron chi connectivity index (χ1n) is 6.13. The van der Waals surface area contributed by atoms with Crippen LogP contribution in [0.1, 0.15) is 40.5 Å². The van der Waals surface area contributed by atoms with Crippen LogP contribution in [0.25, 0.3) is 0 Å². The molecule has 0 unspecified atom stereocenters. The van der Waals surface area contributed by atoms with Crippen LogP contribution in [0.4, 0.5) is 4.79 Å². The van der Waals surface area contributed by atoms with Gasteiger partial charge in [-0.05, 0) is 27.2 Å². The van der Waals surface area contributed by atoms with Gasteiger partial charge in [0.05, 0.1) is 0 Å². The van der Waals surface area contributed by atoms with Gasteiger partial charge in [-0.3, -0.25) is 0 Å². The number of rotatable bonds is 2. The molecule has 0 saturated carbocycles. The summed E-state index contributed by atoms with van der Waals surface area (Å²) >= 11 is 0. The average molecular weight is 228 g/mol. The van der Waals surface area contributed by atoms with Crippen LogP contribution in [0.3, 0.4) is 0 Å². The Hall–Kier alpha value is -0.770. The predicted octanol–water partition coefficient (Wildman–Crippen LogP) is 2.00. The molecule has 0 aromatic carbocycles. The third-order valence-electron chi connectivity index (χ3n) is 2.54. The summed E-state index contributed by atoms with van der Waals surface area (Å²) in [6.45, 7) is 10.2. The van der Waals surface area contributed by atoms with E-state index < -0.39 is 5.60 Å². The number of carbonyl (C=O) groups excluding carboxylic acids is 1. The van der Waals surface area contributed by atoms with E-state index in [1.165, 1.54) is 0 Å². The van der Waals surface area contributed by atoms with Crippen LogP contribution in [0.15, 0.2) is 0 Å². The Labute approximate surface area is 98.3 Å². The van der Waals surface area contributed by atoms with Gasteiger partial charge in [-0.15, -0.1) is 0 Å². The van der Waals surface area contributed by atoms with Crippen molar-refractivity contribution in [3.05, 3.63) is 0 Å². The lowest BCUT2D eigenvalue weighted by Gasteiger charge is -2.34. The van der Waals surface area contributed by atoms with Crippen molar-refractivity contribution in [3.8, 4) is 0 Å². The fourth-order valence-electron chi connectivity index (χ4n) is 1.86. The summed E-state index contributed by atoms with van der Waals surface area (Å²) in [5.74, 6) is 0. The highest BCUT2D eigenvalue weighted by molar-refractivity contribution is 5.68. The van der Waals surface area contributed by atoms with Gasteiger partial charge in [0.2, 0.25) is 0 Å². The number of carbonyl (C=O) groups is 1. The normalized spacial score (nSPS) is 22.0. The topological polar surface area (TPSA) is 41.6 Å². The molecule has 1 aliphatic heterocycles. The third kappa shape index (κ3) is 4.39. The van der Waals surface area contributed by atoms with E-state index in [0.29, 0.717) is 6.04 Å². The zero-order chi connectivity index (χ0) is 12.2. The van der Waals surface area contributed by atoms with Gasteiger partial charge in [-0.1, -0.05) is 13.3 Å². The molecule has 1 aliphatic rings. The molecule has 1 amide bonds. The zero-order valence-corrected chi connectivity index (χ0v) is 10.9. The van der Waals surface area contributed by atoms with Gasteiger partial charge in [0, 0.05) is 25.7 Å². The van der Waals surface area contributed by atoms with Crippen LogP contribution in [-0.4, -0.2) is 42.3 Å². The summed E-state index contributed by atoms with van der Waals surface area (Å²) in [4.78, 5) is 13.6. The number of piperazine rings is 1. The van der Waals surface area contributed by atoms with Crippen LogP contribution < -0.4 is 5.32 Å². The number of ether oxygens (including phenoxy) is 1. The molecular weight excluding hydrogens is 204 g/mol. The fraction of sp³-hybridized carbons (Fsp3) is 0.917. The quantitative estimate of drug-likeness (QED) is 0.786. The van der Waals surface area contributed by atoms with Crippen LogP contribution in [0.5, 0.6) is 0 Å². The van der Waals surface area contributed by atoms with Crippen LogP contribution in [0, 0.1) is 0 Å².